The Morgan fingerprint density at radius 3 is 2.42 bits per heavy atom. The van der Waals surface area contributed by atoms with Crippen molar-refractivity contribution < 1.29 is 23.9 Å². The molecular weight excluding hydrogens is 454 g/mol. The van der Waals surface area contributed by atoms with Crippen molar-refractivity contribution in [1.82, 2.24) is 0 Å². The molecule has 0 saturated carbocycles. The molecule has 5 nitrogen and oxygen atoms in total. The lowest BCUT2D eigenvalue weighted by atomic mass is 9.80. The van der Waals surface area contributed by atoms with Crippen LogP contribution in [0.3, 0.4) is 0 Å². The molecule has 1 atom stereocenters. The topological polar surface area (TPSA) is 55.8 Å². The number of para-hydroxylation sites is 1. The molecule has 0 spiro atoms. The molecule has 2 bridgehead atoms. The summed E-state index contributed by atoms with van der Waals surface area (Å²) in [5.41, 5.74) is -1.61. The quantitative estimate of drug-likeness (QED) is 0.269. The van der Waals surface area contributed by atoms with Crippen LogP contribution >= 0.6 is 22.7 Å². The van der Waals surface area contributed by atoms with Gasteiger partial charge in [0.2, 0.25) is 5.60 Å². The van der Waals surface area contributed by atoms with Crippen LogP contribution in [-0.4, -0.2) is 53.9 Å². The molecule has 3 fully saturated rings. The van der Waals surface area contributed by atoms with E-state index in [2.05, 4.69) is 0 Å². The number of fused-ring (bicyclic) bond motifs is 3. The Hall–Kier alpha value is -2.19. The van der Waals surface area contributed by atoms with Gasteiger partial charge in [0.25, 0.3) is 0 Å². The van der Waals surface area contributed by atoms with E-state index in [1.165, 1.54) is 22.7 Å². The number of hydrogen-bond acceptors (Lipinski definition) is 6. The summed E-state index contributed by atoms with van der Waals surface area (Å²) in [7, 11) is 0. The summed E-state index contributed by atoms with van der Waals surface area (Å²) >= 11 is 2.85. The monoisotopic (exact) mass is 484 g/mol. The van der Waals surface area contributed by atoms with E-state index >= 15 is 0 Å². The number of piperidine rings is 3. The van der Waals surface area contributed by atoms with Crippen molar-refractivity contribution in [3.8, 4) is 5.75 Å². The number of benzene rings is 1. The van der Waals surface area contributed by atoms with Crippen molar-refractivity contribution in [3.05, 3.63) is 75.1 Å². The minimum Gasteiger partial charge on any atom is -0.493 e. The van der Waals surface area contributed by atoms with Gasteiger partial charge in [-0.15, -0.1) is 11.3 Å². The smallest absolute Gasteiger partial charge is 0.349 e. The lowest BCUT2D eigenvalue weighted by Crippen LogP contribution is -2.66. The molecule has 1 unspecified atom stereocenters. The molecular formula is C26H30NO4S2+. The van der Waals surface area contributed by atoms with Gasteiger partial charge in [0.05, 0.1) is 37.7 Å². The highest BCUT2D eigenvalue weighted by Crippen LogP contribution is 2.43. The Morgan fingerprint density at radius 2 is 1.79 bits per heavy atom. The fourth-order valence-electron chi connectivity index (χ4n) is 5.21. The third-order valence-electron chi connectivity index (χ3n) is 7.34. The first-order valence-corrected chi connectivity index (χ1v) is 13.4. The van der Waals surface area contributed by atoms with E-state index in [0.717, 1.165) is 68.7 Å². The molecule has 0 amide bonds. The molecule has 0 aliphatic carbocycles. The zero-order chi connectivity index (χ0) is 22.8. The van der Waals surface area contributed by atoms with Crippen LogP contribution in [-0.2, 0) is 15.1 Å². The van der Waals surface area contributed by atoms with Gasteiger partial charge in [-0.05, 0) is 40.4 Å². The van der Waals surface area contributed by atoms with E-state index in [-0.39, 0.29) is 0 Å². The van der Waals surface area contributed by atoms with Gasteiger partial charge in [-0.2, -0.15) is 11.3 Å². The number of esters is 1. The Morgan fingerprint density at radius 1 is 1.03 bits per heavy atom. The normalized spacial score (nSPS) is 26.0. The Kier molecular flexibility index (Phi) is 6.31. The number of nitrogens with zero attached hydrogens (tertiary/aromatic N) is 1. The first-order valence-electron chi connectivity index (χ1n) is 11.6. The molecule has 5 heterocycles. The van der Waals surface area contributed by atoms with Crippen LogP contribution in [0.15, 0.2) is 64.7 Å². The van der Waals surface area contributed by atoms with Crippen molar-refractivity contribution in [2.24, 2.45) is 0 Å². The maximum Gasteiger partial charge on any atom is 0.349 e. The van der Waals surface area contributed by atoms with Crippen molar-refractivity contribution in [3.63, 3.8) is 0 Å². The summed E-state index contributed by atoms with van der Waals surface area (Å²) in [6.45, 7) is 4.83. The number of carbonyl (C=O) groups is 1. The number of ether oxygens (including phenoxy) is 2. The highest BCUT2D eigenvalue weighted by atomic mass is 32.1. The van der Waals surface area contributed by atoms with E-state index in [1.807, 2.05) is 64.7 Å². The molecule has 3 aromatic rings. The number of hydrogen-bond donors (Lipinski definition) is 1. The highest BCUT2D eigenvalue weighted by molar-refractivity contribution is 7.10. The van der Waals surface area contributed by atoms with Crippen molar-refractivity contribution in [2.75, 3.05) is 32.8 Å². The van der Waals surface area contributed by atoms with Gasteiger partial charge in [0.1, 0.15) is 11.4 Å². The second kappa shape index (κ2) is 9.22. The standard InChI is InChI=1S/C26H30NO4S2/c28-24(26(29,21-9-19-32-20-21)23-8-4-18-33-23)31-25-10-14-27(15-11-25,16-12-25)13-5-17-30-22-6-2-1-3-7-22/h1-4,6-9,18-20,29H,5,10-17H2/q+1. The number of thiophene rings is 2. The van der Waals surface area contributed by atoms with Crippen LogP contribution in [0.5, 0.6) is 5.75 Å². The molecule has 1 aromatic carbocycles. The number of aliphatic hydroxyl groups is 1. The number of carbonyl (C=O) groups excluding carboxylic acids is 1. The molecule has 3 aliphatic heterocycles. The second-order valence-corrected chi connectivity index (χ2v) is 11.0. The highest BCUT2D eigenvalue weighted by Gasteiger charge is 2.54. The van der Waals surface area contributed by atoms with Crippen LogP contribution in [0.25, 0.3) is 0 Å². The SMILES string of the molecule is O=C(OC12CC[N+](CCCOc3ccccc3)(CC1)CC2)C(O)(c1ccsc1)c1cccs1. The minimum absolute atomic E-state index is 0.459. The third kappa shape index (κ3) is 4.47. The van der Waals surface area contributed by atoms with E-state index < -0.39 is 17.2 Å². The Balaban J connectivity index is 1.20. The molecule has 33 heavy (non-hydrogen) atoms. The predicted octanol–water partition coefficient (Wildman–Crippen LogP) is 4.81. The van der Waals surface area contributed by atoms with Crippen LogP contribution < -0.4 is 4.74 Å². The summed E-state index contributed by atoms with van der Waals surface area (Å²) in [5, 5.41) is 17.2. The minimum atomic E-state index is -1.74. The number of rotatable bonds is 9. The third-order valence-corrected chi connectivity index (χ3v) is 9.00. The zero-order valence-corrected chi connectivity index (χ0v) is 20.3. The van der Waals surface area contributed by atoms with E-state index in [4.69, 9.17) is 9.47 Å². The lowest BCUT2D eigenvalue weighted by Gasteiger charge is -2.54. The fourth-order valence-corrected chi connectivity index (χ4v) is 6.75. The van der Waals surface area contributed by atoms with Gasteiger partial charge in [0.15, 0.2) is 0 Å². The van der Waals surface area contributed by atoms with Gasteiger partial charge in [-0.1, -0.05) is 24.3 Å². The first kappa shape index (κ1) is 22.6. The lowest BCUT2D eigenvalue weighted by molar-refractivity contribution is -0.944. The largest absolute Gasteiger partial charge is 0.493 e. The molecule has 2 aromatic heterocycles. The molecule has 0 radical (unpaired) electrons. The summed E-state index contributed by atoms with van der Waals surface area (Å²) in [6.07, 6.45) is 3.56. The Bertz CT molecular complexity index is 991. The maximum atomic E-state index is 13.5. The average molecular weight is 485 g/mol. The van der Waals surface area contributed by atoms with Crippen molar-refractivity contribution >= 4 is 28.6 Å². The predicted molar refractivity (Wildman–Crippen MR) is 131 cm³/mol. The second-order valence-electron chi connectivity index (χ2n) is 9.27. The molecule has 1 N–H and O–H groups in total. The summed E-state index contributed by atoms with van der Waals surface area (Å²) < 4.78 is 13.2. The van der Waals surface area contributed by atoms with Crippen molar-refractivity contribution in [1.29, 1.82) is 0 Å². The fraction of sp³-hybridized carbons (Fsp3) is 0.423. The van der Waals surface area contributed by atoms with Gasteiger partial charge in [-0.3, -0.25) is 0 Å². The van der Waals surface area contributed by atoms with E-state index in [0.29, 0.717) is 10.4 Å². The van der Waals surface area contributed by atoms with Gasteiger partial charge >= 0.3 is 5.97 Å². The molecule has 7 heteroatoms. The average Bonchev–Trinajstić information content (AvgIpc) is 3.59. The van der Waals surface area contributed by atoms with Gasteiger partial charge in [0, 0.05) is 31.2 Å². The van der Waals surface area contributed by atoms with E-state index in [9.17, 15) is 9.90 Å². The maximum absolute atomic E-state index is 13.5. The van der Waals surface area contributed by atoms with Crippen molar-refractivity contribution in [2.45, 2.75) is 36.9 Å². The first-order chi connectivity index (χ1) is 16.0. The molecule has 174 valence electrons. The van der Waals surface area contributed by atoms with Gasteiger partial charge < -0.3 is 19.1 Å². The summed E-state index contributed by atoms with van der Waals surface area (Å²) in [6, 6.07) is 15.4. The van der Waals surface area contributed by atoms with Crippen LogP contribution in [0.4, 0.5) is 0 Å². The molecule has 6 rings (SSSR count). The van der Waals surface area contributed by atoms with E-state index in [1.54, 1.807) is 0 Å². The molecule has 3 aliphatic rings. The number of quaternary nitrogens is 1. The summed E-state index contributed by atoms with van der Waals surface area (Å²) in [5.74, 6) is 0.381. The molecule has 3 saturated heterocycles. The van der Waals surface area contributed by atoms with Crippen LogP contribution in [0, 0.1) is 0 Å². The summed E-state index contributed by atoms with van der Waals surface area (Å²) in [4.78, 5) is 14.1. The van der Waals surface area contributed by atoms with Crippen LogP contribution in [0.2, 0.25) is 0 Å². The van der Waals surface area contributed by atoms with Gasteiger partial charge in [-0.25, -0.2) is 4.79 Å². The zero-order valence-electron chi connectivity index (χ0n) is 18.7. The Labute approximate surface area is 202 Å². The van der Waals surface area contributed by atoms with Crippen LogP contribution in [0.1, 0.15) is 36.1 Å².